The number of benzene rings is 2. The molecular weight excluding hydrogens is 917 g/mol. The maximum atomic E-state index is 14.3. The van der Waals surface area contributed by atoms with Crippen LogP contribution in [0.2, 0.25) is 0 Å². The van der Waals surface area contributed by atoms with Crippen molar-refractivity contribution in [1.29, 1.82) is 0 Å². The lowest BCUT2D eigenvalue weighted by molar-refractivity contribution is -0.144. The van der Waals surface area contributed by atoms with Crippen LogP contribution in [0, 0.1) is 18.3 Å². The lowest BCUT2D eigenvalue weighted by Gasteiger charge is -2.45. The average molecular weight is 983 g/mol. The molecule has 2 aromatic carbocycles. The van der Waals surface area contributed by atoms with Crippen molar-refractivity contribution in [2.75, 3.05) is 60.9 Å². The van der Waals surface area contributed by atoms with E-state index in [0.29, 0.717) is 23.2 Å². The molecule has 1 aliphatic carbocycles. The summed E-state index contributed by atoms with van der Waals surface area (Å²) in [4.78, 5) is 66.1. The number of nitrogens with one attached hydrogen (secondary N) is 3. The first-order valence-electron chi connectivity index (χ1n) is 25.3. The number of aryl methyl sites for hydroxylation is 1. The number of rotatable bonds is 11. The Morgan fingerprint density at radius 1 is 0.887 bits per heavy atom. The number of amides is 3. The SMILES string of the molecule is Cc1ncsc1-c1ccc(CNC(=O)[C@@H]2C[C@@H](O)CN2C(=O)[C@@H](NC(=O)[C@H]2CC[C@@H](N3CCC(c4ccnc(N5CCN6c7cc(-c8ccccc8O)nnc7NC[C@H]6C5)n4)CC3)CC2)C(C)(C)C)cc1. The average Bonchev–Trinajstić information content (AvgIpc) is 4.01. The fourth-order valence-electron chi connectivity index (χ4n) is 11.3. The second-order valence-corrected chi connectivity index (χ2v) is 22.0. The van der Waals surface area contributed by atoms with Gasteiger partial charge in [-0.25, -0.2) is 15.0 Å². The van der Waals surface area contributed by atoms with Crippen molar-refractivity contribution in [2.45, 2.75) is 115 Å². The first-order valence-corrected chi connectivity index (χ1v) is 26.2. The number of aliphatic hydroxyl groups is 1. The second-order valence-electron chi connectivity index (χ2n) is 21.1. The van der Waals surface area contributed by atoms with Gasteiger partial charge in [-0.15, -0.1) is 21.5 Å². The molecule has 0 unspecified atom stereocenters. The van der Waals surface area contributed by atoms with Crippen molar-refractivity contribution >= 4 is 46.5 Å². The number of para-hydroxylation sites is 1. The Kier molecular flexibility index (Phi) is 14.0. The number of nitrogens with zero attached hydrogens (tertiary/aromatic N) is 9. The number of aliphatic hydroxyl groups excluding tert-OH is 1. The van der Waals surface area contributed by atoms with Gasteiger partial charge in [0, 0.05) is 81.0 Å². The molecule has 3 amide bonds. The quantitative estimate of drug-likeness (QED) is 0.107. The topological polar surface area (TPSA) is 205 Å². The van der Waals surface area contributed by atoms with Crippen molar-refractivity contribution in [3.05, 3.63) is 89.3 Å². The lowest BCUT2D eigenvalue weighted by Crippen LogP contribution is -2.58. The van der Waals surface area contributed by atoms with Gasteiger partial charge >= 0.3 is 0 Å². The molecule has 4 fully saturated rings. The molecule has 71 heavy (non-hydrogen) atoms. The predicted molar refractivity (Wildman–Crippen MR) is 274 cm³/mol. The highest BCUT2D eigenvalue weighted by Crippen LogP contribution is 2.38. The highest BCUT2D eigenvalue weighted by atomic mass is 32.1. The van der Waals surface area contributed by atoms with E-state index in [9.17, 15) is 24.6 Å². The Hall–Kier alpha value is -6.24. The van der Waals surface area contributed by atoms with Crippen LogP contribution in [0.25, 0.3) is 21.7 Å². The van der Waals surface area contributed by atoms with E-state index in [1.807, 2.05) is 81.9 Å². The molecule has 0 bridgehead atoms. The third-order valence-electron chi connectivity index (χ3n) is 15.4. The number of carbonyl (C=O) groups excluding carboxylic acids is 3. The normalized spacial score (nSPS) is 23.3. The van der Waals surface area contributed by atoms with Crippen LogP contribution in [0.4, 0.5) is 17.5 Å². The Morgan fingerprint density at radius 2 is 1.66 bits per heavy atom. The predicted octanol–water partition coefficient (Wildman–Crippen LogP) is 5.74. The number of phenols is 1. The summed E-state index contributed by atoms with van der Waals surface area (Å²) in [7, 11) is 0. The molecule has 4 atom stereocenters. The zero-order chi connectivity index (χ0) is 49.4. The first kappa shape index (κ1) is 48.4. The van der Waals surface area contributed by atoms with E-state index in [0.717, 1.165) is 123 Å². The standard InChI is InChI=1S/C53H66N12O5S/c1-32-46(71-31-57-32)35-11-9-33(10-12-35)27-56-50(69)44-25-39(66)30-65(44)51(70)47(53(2,3)4)59-49(68)36-13-15-37(16-14-36)62-21-18-34(19-22-62)41-17-20-54-52(58-41)63-23-24-64-38(29-63)28-55-48-43(64)26-42(60-61-48)40-7-5-6-8-45(40)67/h5-12,17,20,26,31,34,36-39,44,47,66-67H,13-16,18-19,21-25,27-30H2,1-4H3,(H,55,61)(H,56,69)(H,59,68)/t36-,37+,38-,39+,44-,47+/m0/s1. The van der Waals surface area contributed by atoms with E-state index >= 15 is 0 Å². The van der Waals surface area contributed by atoms with Crippen LogP contribution < -0.4 is 25.8 Å². The van der Waals surface area contributed by atoms with Crippen LogP contribution in [-0.4, -0.2) is 139 Å². The summed E-state index contributed by atoms with van der Waals surface area (Å²) < 4.78 is 0. The minimum Gasteiger partial charge on any atom is -0.507 e. The fourth-order valence-corrected chi connectivity index (χ4v) is 12.1. The molecule has 17 nitrogen and oxygen atoms in total. The molecule has 5 N–H and O–H groups in total. The number of piperazine rings is 1. The highest BCUT2D eigenvalue weighted by Gasteiger charge is 2.45. The Bertz CT molecular complexity index is 2710. The van der Waals surface area contributed by atoms with Gasteiger partial charge in [0.05, 0.1) is 39.6 Å². The molecule has 5 aromatic rings. The Morgan fingerprint density at radius 3 is 2.39 bits per heavy atom. The molecule has 3 aromatic heterocycles. The van der Waals surface area contributed by atoms with E-state index in [2.05, 4.69) is 51.9 Å². The van der Waals surface area contributed by atoms with E-state index in [1.165, 1.54) is 4.90 Å². The number of β-amino-alcohol motifs (C(OH)–C–C–N with tert-alkyl or cyclic N) is 1. The lowest BCUT2D eigenvalue weighted by atomic mass is 9.81. The van der Waals surface area contributed by atoms with Gasteiger partial charge in [0.2, 0.25) is 23.7 Å². The number of carbonyl (C=O) groups is 3. The Labute approximate surface area is 419 Å². The summed E-state index contributed by atoms with van der Waals surface area (Å²) in [6, 6.07) is 18.2. The van der Waals surface area contributed by atoms with Gasteiger partial charge in [0.15, 0.2) is 5.82 Å². The number of fused-ring (bicyclic) bond motifs is 3. The van der Waals surface area contributed by atoms with Crippen molar-refractivity contribution in [3.63, 3.8) is 0 Å². The molecule has 3 saturated heterocycles. The molecule has 18 heteroatoms. The molecule has 4 aliphatic heterocycles. The number of aromatic nitrogens is 5. The number of phenolic OH excluding ortho intramolecular Hbond substituents is 1. The molecule has 374 valence electrons. The first-order chi connectivity index (χ1) is 34.3. The number of hydrogen-bond donors (Lipinski definition) is 5. The monoisotopic (exact) mass is 982 g/mol. The number of likely N-dealkylation sites (tertiary alicyclic amines) is 2. The number of anilines is 3. The smallest absolute Gasteiger partial charge is 0.246 e. The number of hydrogen-bond acceptors (Lipinski definition) is 15. The summed E-state index contributed by atoms with van der Waals surface area (Å²) in [5, 5.41) is 39.7. The molecule has 10 rings (SSSR count). The van der Waals surface area contributed by atoms with Gasteiger partial charge in [-0.2, -0.15) is 0 Å². The van der Waals surface area contributed by atoms with E-state index in [1.54, 1.807) is 23.5 Å². The third-order valence-corrected chi connectivity index (χ3v) is 16.4. The van der Waals surface area contributed by atoms with Crippen molar-refractivity contribution < 1.29 is 24.6 Å². The van der Waals surface area contributed by atoms with Gasteiger partial charge in [-0.05, 0) is 99.3 Å². The zero-order valence-electron chi connectivity index (χ0n) is 41.1. The van der Waals surface area contributed by atoms with Crippen LogP contribution in [0.5, 0.6) is 5.75 Å². The van der Waals surface area contributed by atoms with Crippen LogP contribution in [-0.2, 0) is 20.9 Å². The van der Waals surface area contributed by atoms with Crippen molar-refractivity contribution in [2.24, 2.45) is 11.3 Å². The fraction of sp³-hybridized carbons (Fsp3) is 0.509. The summed E-state index contributed by atoms with van der Waals surface area (Å²) in [6.07, 6.45) is 6.55. The molecule has 7 heterocycles. The van der Waals surface area contributed by atoms with Gasteiger partial charge in [-0.3, -0.25) is 14.4 Å². The van der Waals surface area contributed by atoms with Crippen LogP contribution in [0.3, 0.4) is 0 Å². The number of aromatic hydroxyl groups is 1. The maximum absolute atomic E-state index is 14.3. The number of thiazole rings is 1. The summed E-state index contributed by atoms with van der Waals surface area (Å²) in [5.41, 5.74) is 7.55. The highest BCUT2D eigenvalue weighted by molar-refractivity contribution is 7.13. The van der Waals surface area contributed by atoms with Gasteiger partial charge in [0.1, 0.15) is 17.8 Å². The van der Waals surface area contributed by atoms with Gasteiger partial charge in [-0.1, -0.05) is 57.2 Å². The van der Waals surface area contributed by atoms with Crippen LogP contribution in [0.1, 0.15) is 88.6 Å². The Balaban J connectivity index is 0.692. The zero-order valence-corrected chi connectivity index (χ0v) is 41.9. The minimum absolute atomic E-state index is 0.0373. The largest absolute Gasteiger partial charge is 0.507 e. The summed E-state index contributed by atoms with van der Waals surface area (Å²) in [6.45, 7) is 13.1. The van der Waals surface area contributed by atoms with Crippen molar-refractivity contribution in [1.82, 2.24) is 45.6 Å². The van der Waals surface area contributed by atoms with Crippen LogP contribution >= 0.6 is 11.3 Å². The van der Waals surface area contributed by atoms with Crippen LogP contribution in [0.15, 0.2) is 72.4 Å². The molecule has 0 spiro atoms. The van der Waals surface area contributed by atoms with Crippen molar-refractivity contribution in [3.8, 4) is 27.4 Å². The molecule has 1 saturated carbocycles. The molecule has 0 radical (unpaired) electrons. The minimum atomic E-state index is -0.857. The second kappa shape index (κ2) is 20.5. The van der Waals surface area contributed by atoms with Gasteiger partial charge < -0.3 is 45.8 Å². The number of piperidine rings is 1. The van der Waals surface area contributed by atoms with E-state index < -0.39 is 23.6 Å². The summed E-state index contributed by atoms with van der Waals surface area (Å²) in [5.74, 6) is 1.06. The maximum Gasteiger partial charge on any atom is 0.246 e. The van der Waals surface area contributed by atoms with E-state index in [-0.39, 0.29) is 54.9 Å². The van der Waals surface area contributed by atoms with Gasteiger partial charge in [0.25, 0.3) is 0 Å². The summed E-state index contributed by atoms with van der Waals surface area (Å²) >= 11 is 1.59. The molecular formula is C53H66N12O5S. The van der Waals surface area contributed by atoms with E-state index in [4.69, 9.17) is 9.97 Å². The third kappa shape index (κ3) is 10.4. The molecule has 5 aliphatic rings.